The van der Waals surface area contributed by atoms with Gasteiger partial charge < -0.3 is 24.3 Å². The maximum absolute atomic E-state index is 13.6. The van der Waals surface area contributed by atoms with E-state index < -0.39 is 41.3 Å². The number of halogens is 1. The van der Waals surface area contributed by atoms with Gasteiger partial charge in [-0.3, -0.25) is 14.5 Å². The number of nitrogens with zero attached hydrogens (tertiary/aromatic N) is 2. The van der Waals surface area contributed by atoms with Crippen molar-refractivity contribution in [1.29, 1.82) is 0 Å². The lowest BCUT2D eigenvalue weighted by atomic mass is 10.1. The van der Waals surface area contributed by atoms with Crippen molar-refractivity contribution in [2.24, 2.45) is 5.92 Å². The highest BCUT2D eigenvalue weighted by Gasteiger charge is 2.62. The van der Waals surface area contributed by atoms with E-state index in [4.69, 9.17) is 18.9 Å². The minimum atomic E-state index is -1.22. The fraction of sp³-hybridized carbons (Fsp3) is 0.483. The Labute approximate surface area is 246 Å². The minimum absolute atomic E-state index is 0.0325. The molecule has 0 unspecified atom stereocenters. The summed E-state index contributed by atoms with van der Waals surface area (Å²) in [5.74, 6) is -0.701. The number of methoxy groups -OCH3 is 2. The summed E-state index contributed by atoms with van der Waals surface area (Å²) in [6, 6.07) is 5.78. The minimum Gasteiger partial charge on any atom is -0.497 e. The molecule has 1 aromatic carbocycles. The highest BCUT2D eigenvalue weighted by molar-refractivity contribution is 9.09. The van der Waals surface area contributed by atoms with Crippen LogP contribution in [0, 0.1) is 5.92 Å². The van der Waals surface area contributed by atoms with Gasteiger partial charge in [0.1, 0.15) is 40.5 Å². The molecule has 1 aliphatic heterocycles. The Morgan fingerprint density at radius 2 is 1.95 bits per heavy atom. The number of benzene rings is 1. The first kappa shape index (κ1) is 30.3. The summed E-state index contributed by atoms with van der Waals surface area (Å²) in [5.41, 5.74) is -1.35. The summed E-state index contributed by atoms with van der Waals surface area (Å²) >= 11 is 3.18. The zero-order chi connectivity index (χ0) is 30.1. The van der Waals surface area contributed by atoms with Gasteiger partial charge in [-0.1, -0.05) is 22.0 Å². The lowest BCUT2D eigenvalue weighted by molar-refractivity contribution is -0.147. The van der Waals surface area contributed by atoms with Gasteiger partial charge in [0.25, 0.3) is 0 Å². The molecule has 2 fully saturated rings. The van der Waals surface area contributed by atoms with Crippen molar-refractivity contribution in [3.8, 4) is 11.5 Å². The van der Waals surface area contributed by atoms with Gasteiger partial charge >= 0.3 is 12.1 Å². The Kier molecular flexibility index (Phi) is 8.62. The maximum atomic E-state index is 13.6. The molecule has 1 aromatic heterocycles. The van der Waals surface area contributed by atoms with Gasteiger partial charge in [0, 0.05) is 29.9 Å². The average Bonchev–Trinajstić information content (AvgIpc) is 3.48. The number of aromatic nitrogens is 1. The number of carbonyl (C=O) groups excluding carboxylic acids is 4. The number of ketones is 1. The van der Waals surface area contributed by atoms with Crippen molar-refractivity contribution in [3.63, 3.8) is 0 Å². The molecule has 1 saturated heterocycles. The molecule has 0 bridgehead atoms. The third-order valence-corrected chi connectivity index (χ3v) is 7.58. The number of esters is 1. The summed E-state index contributed by atoms with van der Waals surface area (Å²) in [7, 11) is 2.79. The third kappa shape index (κ3) is 6.32. The van der Waals surface area contributed by atoms with Crippen molar-refractivity contribution in [2.75, 3.05) is 26.1 Å². The first-order valence-electron chi connectivity index (χ1n) is 13.1. The summed E-state index contributed by atoms with van der Waals surface area (Å²) in [6.45, 7) is 8.97. The Bertz CT molecular complexity index is 1390. The van der Waals surface area contributed by atoms with Crippen molar-refractivity contribution < 1.29 is 38.1 Å². The second-order valence-electron chi connectivity index (χ2n) is 11.1. The van der Waals surface area contributed by atoms with Crippen LogP contribution in [0.15, 0.2) is 36.9 Å². The molecular formula is C29H34BrN3O8. The number of alkyl halides is 1. The number of likely N-dealkylation sites (tertiary alicyclic amines) is 1. The predicted molar refractivity (Wildman–Crippen MR) is 153 cm³/mol. The number of ether oxygens (including phenoxy) is 4. The zero-order valence-electron chi connectivity index (χ0n) is 23.7. The smallest absolute Gasteiger partial charge is 0.411 e. The molecule has 4 rings (SSSR count). The maximum Gasteiger partial charge on any atom is 0.411 e. The monoisotopic (exact) mass is 631 g/mol. The van der Waals surface area contributed by atoms with Crippen LogP contribution in [0.25, 0.3) is 10.9 Å². The normalized spacial score (nSPS) is 23.5. The van der Waals surface area contributed by atoms with Crippen LogP contribution in [0.1, 0.15) is 44.1 Å². The largest absolute Gasteiger partial charge is 0.497 e. The molecule has 4 atom stereocenters. The molecule has 0 spiro atoms. The summed E-state index contributed by atoms with van der Waals surface area (Å²) in [5, 5.41) is 3.50. The number of fused-ring (bicyclic) bond motifs is 1. The van der Waals surface area contributed by atoms with Crippen LogP contribution in [0.2, 0.25) is 0 Å². The average molecular weight is 633 g/mol. The lowest BCUT2D eigenvalue weighted by Gasteiger charge is -2.28. The molecule has 41 heavy (non-hydrogen) atoms. The Morgan fingerprint density at radius 3 is 2.54 bits per heavy atom. The molecule has 2 amide bonds. The van der Waals surface area contributed by atoms with E-state index in [0.29, 0.717) is 28.8 Å². The fourth-order valence-electron chi connectivity index (χ4n) is 4.93. The number of nitrogens with one attached hydrogen (secondary N) is 1. The third-order valence-electron chi connectivity index (χ3n) is 7.07. The fourth-order valence-corrected chi connectivity index (χ4v) is 5.22. The molecule has 1 saturated carbocycles. The number of hydrogen-bond acceptors (Lipinski definition) is 9. The Morgan fingerprint density at radius 1 is 1.22 bits per heavy atom. The first-order chi connectivity index (χ1) is 19.3. The van der Waals surface area contributed by atoms with Crippen molar-refractivity contribution in [2.45, 2.75) is 56.9 Å². The highest BCUT2D eigenvalue weighted by atomic mass is 79.9. The Hall–Kier alpha value is -3.67. The Balaban J connectivity index is 1.65. The number of hydrogen-bond donors (Lipinski definition) is 1. The van der Waals surface area contributed by atoms with Crippen molar-refractivity contribution >= 4 is 50.6 Å². The lowest BCUT2D eigenvalue weighted by Crippen LogP contribution is -2.53. The van der Waals surface area contributed by atoms with Crippen molar-refractivity contribution in [3.05, 3.63) is 42.6 Å². The number of carbonyl (C=O) groups is 4. The van der Waals surface area contributed by atoms with Crippen LogP contribution in [0.3, 0.4) is 0 Å². The standard InChI is InChI=1S/C29H34BrN3O8/c1-7-16-13-29(16,26(36)39-6)32-25(35)22-11-18(15-33(22)27(37)41-28(2,3)4)40-24-12-21(23(34)14-30)31-20-10-17(38-5)8-9-19(20)24/h7-10,12,16,18,22H,1,11,13-15H2,2-6H3,(H,32,35)/t16-,18+,22-,29+/m0/s1. The molecular weight excluding hydrogens is 598 g/mol. The summed E-state index contributed by atoms with van der Waals surface area (Å²) in [4.78, 5) is 57.6. The van der Waals surface area contributed by atoms with Gasteiger partial charge in [0.2, 0.25) is 5.91 Å². The molecule has 1 aliphatic carbocycles. The van der Waals surface area contributed by atoms with Crippen LogP contribution >= 0.6 is 15.9 Å². The van der Waals surface area contributed by atoms with E-state index >= 15 is 0 Å². The SMILES string of the molecule is C=C[C@H]1C[C@]1(NC(=O)[C@@H]1C[C@@H](Oc2cc(C(=O)CBr)nc3cc(OC)ccc23)CN1C(=O)OC(C)(C)C)C(=O)OC. The molecule has 2 aliphatic rings. The van der Waals surface area contributed by atoms with Gasteiger partial charge in [-0.15, -0.1) is 6.58 Å². The molecule has 1 N–H and O–H groups in total. The number of pyridine rings is 1. The van der Waals surface area contributed by atoms with E-state index in [9.17, 15) is 19.2 Å². The highest BCUT2D eigenvalue weighted by Crippen LogP contribution is 2.45. The summed E-state index contributed by atoms with van der Waals surface area (Å²) in [6.07, 6.45) is 0.736. The van der Waals surface area contributed by atoms with E-state index in [2.05, 4.69) is 32.8 Å². The van der Waals surface area contributed by atoms with E-state index in [-0.39, 0.29) is 35.7 Å². The molecule has 2 heterocycles. The van der Waals surface area contributed by atoms with Gasteiger partial charge in [0.15, 0.2) is 5.78 Å². The quantitative estimate of drug-likeness (QED) is 0.190. The van der Waals surface area contributed by atoms with E-state index in [1.807, 2.05) is 0 Å². The number of amides is 2. The zero-order valence-corrected chi connectivity index (χ0v) is 25.3. The molecule has 2 aromatic rings. The second-order valence-corrected chi connectivity index (χ2v) is 11.6. The molecule has 12 heteroatoms. The van der Waals surface area contributed by atoms with E-state index in [1.165, 1.54) is 19.1 Å². The molecule has 11 nitrogen and oxygen atoms in total. The van der Waals surface area contributed by atoms with Crippen LogP contribution in [-0.2, 0) is 19.1 Å². The van der Waals surface area contributed by atoms with E-state index in [1.54, 1.807) is 51.1 Å². The van der Waals surface area contributed by atoms with Gasteiger partial charge in [-0.2, -0.15) is 0 Å². The van der Waals surface area contributed by atoms with Crippen LogP contribution in [0.4, 0.5) is 4.79 Å². The van der Waals surface area contributed by atoms with Crippen LogP contribution in [-0.4, -0.2) is 83.0 Å². The van der Waals surface area contributed by atoms with Crippen molar-refractivity contribution in [1.82, 2.24) is 15.2 Å². The van der Waals surface area contributed by atoms with E-state index in [0.717, 1.165) is 0 Å². The number of rotatable bonds is 9. The topological polar surface area (TPSA) is 133 Å². The molecule has 0 radical (unpaired) electrons. The predicted octanol–water partition coefficient (Wildman–Crippen LogP) is 3.81. The van der Waals surface area contributed by atoms with Gasteiger partial charge in [-0.05, 0) is 39.3 Å². The van der Waals surface area contributed by atoms with Gasteiger partial charge in [0.05, 0.1) is 31.6 Å². The number of Topliss-reactive ketones (excluding diaryl/α,β-unsaturated/α-hetero) is 1. The first-order valence-corrected chi connectivity index (χ1v) is 14.2. The van der Waals surface area contributed by atoms with Crippen LogP contribution in [0.5, 0.6) is 11.5 Å². The van der Waals surface area contributed by atoms with Crippen LogP contribution < -0.4 is 14.8 Å². The summed E-state index contributed by atoms with van der Waals surface area (Å²) < 4.78 is 22.2. The molecule has 220 valence electrons. The second kappa shape index (κ2) is 11.7. The van der Waals surface area contributed by atoms with Gasteiger partial charge in [-0.25, -0.2) is 14.6 Å².